The molecule has 0 radical (unpaired) electrons. The van der Waals surface area contributed by atoms with Gasteiger partial charge in [-0.25, -0.2) is 4.98 Å². The first-order valence-corrected chi connectivity index (χ1v) is 9.98. The Kier molecular flexibility index (Phi) is 4.89. The maximum atomic E-state index is 10.7. The van der Waals surface area contributed by atoms with Gasteiger partial charge in [-0.05, 0) is 85.8 Å². The molecular formula is C25H23ClN2O. The maximum Gasteiger partial charge on any atom is 0.101 e. The fraction of sp³-hybridized carbons (Fsp3) is 0.200. The van der Waals surface area contributed by atoms with E-state index in [1.54, 1.807) is 13.8 Å². The van der Waals surface area contributed by atoms with Gasteiger partial charge in [-0.2, -0.15) is 0 Å². The van der Waals surface area contributed by atoms with Crippen molar-refractivity contribution in [3.05, 3.63) is 82.8 Å². The van der Waals surface area contributed by atoms with Gasteiger partial charge in [-0.3, -0.25) is 4.98 Å². The number of aryl methyl sites for hydroxylation is 2. The van der Waals surface area contributed by atoms with Gasteiger partial charge in [-0.1, -0.05) is 29.8 Å². The summed E-state index contributed by atoms with van der Waals surface area (Å²) in [7, 11) is 0. The molecule has 4 heteroatoms. The summed E-state index contributed by atoms with van der Waals surface area (Å²) in [6.07, 6.45) is 3.62. The van der Waals surface area contributed by atoms with Gasteiger partial charge >= 0.3 is 0 Å². The summed E-state index contributed by atoms with van der Waals surface area (Å²) in [5.74, 6) is 0. The van der Waals surface area contributed by atoms with Crippen molar-refractivity contribution in [3.8, 4) is 22.3 Å². The molecule has 0 fully saturated rings. The van der Waals surface area contributed by atoms with Gasteiger partial charge < -0.3 is 5.11 Å². The maximum absolute atomic E-state index is 10.7. The third kappa shape index (κ3) is 3.52. The molecule has 2 heterocycles. The van der Waals surface area contributed by atoms with Gasteiger partial charge in [0.25, 0.3) is 0 Å². The first-order valence-electron chi connectivity index (χ1n) is 9.60. The van der Waals surface area contributed by atoms with Crippen LogP contribution in [0.4, 0.5) is 0 Å². The number of benzene rings is 2. The second-order valence-corrected chi connectivity index (χ2v) is 8.32. The van der Waals surface area contributed by atoms with Gasteiger partial charge in [0.2, 0.25) is 0 Å². The van der Waals surface area contributed by atoms with E-state index in [4.69, 9.17) is 16.6 Å². The van der Waals surface area contributed by atoms with Crippen LogP contribution in [0, 0.1) is 13.8 Å². The molecule has 4 rings (SSSR count). The number of rotatable bonds is 3. The van der Waals surface area contributed by atoms with Gasteiger partial charge in [0.1, 0.15) is 5.60 Å². The van der Waals surface area contributed by atoms with Crippen LogP contribution in [0.15, 0.2) is 60.9 Å². The fourth-order valence-electron chi connectivity index (χ4n) is 3.93. The molecule has 0 aliphatic carbocycles. The number of hydrogen-bond acceptors (Lipinski definition) is 3. The lowest BCUT2D eigenvalue weighted by atomic mass is 9.88. The van der Waals surface area contributed by atoms with Crippen LogP contribution in [0.25, 0.3) is 33.2 Å². The number of aromatic nitrogens is 2. The predicted octanol–water partition coefficient (Wildman–Crippen LogP) is 6.46. The minimum atomic E-state index is -1.06. The minimum Gasteiger partial charge on any atom is -0.384 e. The molecule has 0 atom stereocenters. The third-order valence-corrected chi connectivity index (χ3v) is 5.63. The minimum absolute atomic E-state index is 0.621. The highest BCUT2D eigenvalue weighted by Crippen LogP contribution is 2.41. The average Bonchev–Trinajstić information content (AvgIpc) is 2.67. The number of hydrogen-bond donors (Lipinski definition) is 1. The van der Waals surface area contributed by atoms with Gasteiger partial charge in [0.05, 0.1) is 11.2 Å². The van der Waals surface area contributed by atoms with Crippen molar-refractivity contribution >= 4 is 22.5 Å². The van der Waals surface area contributed by atoms with Crippen LogP contribution in [0.5, 0.6) is 0 Å². The third-order valence-electron chi connectivity index (χ3n) is 5.30. The summed E-state index contributed by atoms with van der Waals surface area (Å²) in [5.41, 5.74) is 6.88. The Hall–Kier alpha value is -2.75. The molecule has 0 saturated heterocycles. The number of nitrogens with zero attached hydrogens (tertiary/aromatic N) is 2. The summed E-state index contributed by atoms with van der Waals surface area (Å²) >= 11 is 6.57. The van der Waals surface area contributed by atoms with Gasteiger partial charge in [0.15, 0.2) is 0 Å². The zero-order chi connectivity index (χ0) is 20.8. The van der Waals surface area contributed by atoms with E-state index in [9.17, 15) is 5.11 Å². The number of fused-ring (bicyclic) bond motifs is 1. The molecule has 0 saturated carbocycles. The number of pyridine rings is 2. The highest BCUT2D eigenvalue weighted by Gasteiger charge is 2.23. The first-order chi connectivity index (χ1) is 13.8. The van der Waals surface area contributed by atoms with Crippen LogP contribution in [-0.4, -0.2) is 15.1 Å². The molecule has 0 aliphatic heterocycles. The topological polar surface area (TPSA) is 46.0 Å². The van der Waals surface area contributed by atoms with Crippen LogP contribution < -0.4 is 0 Å². The van der Waals surface area contributed by atoms with Crippen LogP contribution in [0.2, 0.25) is 5.02 Å². The molecule has 29 heavy (non-hydrogen) atoms. The lowest BCUT2D eigenvalue weighted by Crippen LogP contribution is -2.18. The molecule has 0 aliphatic rings. The number of aliphatic hydroxyl groups is 1. The largest absolute Gasteiger partial charge is 0.384 e. The highest BCUT2D eigenvalue weighted by molar-refractivity contribution is 6.33. The molecule has 146 valence electrons. The molecule has 3 nitrogen and oxygen atoms in total. The Balaban J connectivity index is 2.15. The summed E-state index contributed by atoms with van der Waals surface area (Å²) < 4.78 is 0. The van der Waals surface area contributed by atoms with Crippen LogP contribution in [0.1, 0.15) is 30.7 Å². The van der Waals surface area contributed by atoms with Gasteiger partial charge in [0, 0.05) is 28.4 Å². The Morgan fingerprint density at radius 2 is 1.62 bits per heavy atom. The standard InChI is InChI=1S/C25H23ClN2O/c1-15-13-21-24(16(2)23(15)17-9-11-27-12-10-17)19(14-22(28-21)25(3,4)29)18-7-5-6-8-20(18)26/h5-14,29H,1-4H3. The van der Waals surface area contributed by atoms with Crippen LogP contribution in [0.3, 0.4) is 0 Å². The van der Waals surface area contributed by atoms with Crippen molar-refractivity contribution < 1.29 is 5.11 Å². The fourth-order valence-corrected chi connectivity index (χ4v) is 4.17. The normalized spacial score (nSPS) is 11.8. The Morgan fingerprint density at radius 1 is 0.931 bits per heavy atom. The van der Waals surface area contributed by atoms with Crippen molar-refractivity contribution in [2.75, 3.05) is 0 Å². The molecule has 0 amide bonds. The molecule has 4 aromatic rings. The summed E-state index contributed by atoms with van der Waals surface area (Å²) in [5, 5.41) is 12.4. The van der Waals surface area contributed by atoms with E-state index in [0.717, 1.165) is 38.7 Å². The summed E-state index contributed by atoms with van der Waals surface area (Å²) in [6, 6.07) is 15.9. The van der Waals surface area contributed by atoms with E-state index in [2.05, 4.69) is 24.9 Å². The van der Waals surface area contributed by atoms with E-state index < -0.39 is 5.60 Å². The Morgan fingerprint density at radius 3 is 2.28 bits per heavy atom. The van der Waals surface area contributed by atoms with Crippen molar-refractivity contribution in [2.45, 2.75) is 33.3 Å². The quantitative estimate of drug-likeness (QED) is 0.427. The molecule has 0 bridgehead atoms. The van der Waals surface area contributed by atoms with Gasteiger partial charge in [-0.15, -0.1) is 0 Å². The summed E-state index contributed by atoms with van der Waals surface area (Å²) in [4.78, 5) is 8.96. The second kappa shape index (κ2) is 7.25. The molecule has 0 spiro atoms. The van der Waals surface area contributed by atoms with Crippen molar-refractivity contribution in [3.63, 3.8) is 0 Å². The smallest absolute Gasteiger partial charge is 0.101 e. The van der Waals surface area contributed by atoms with E-state index in [0.29, 0.717) is 10.7 Å². The predicted molar refractivity (Wildman–Crippen MR) is 120 cm³/mol. The molecule has 1 N–H and O–H groups in total. The van der Waals surface area contributed by atoms with E-state index in [1.165, 1.54) is 5.56 Å². The molecule has 0 unspecified atom stereocenters. The zero-order valence-electron chi connectivity index (χ0n) is 17.0. The lowest BCUT2D eigenvalue weighted by molar-refractivity contribution is 0.0742. The Bertz CT molecular complexity index is 1210. The second-order valence-electron chi connectivity index (χ2n) is 7.92. The lowest BCUT2D eigenvalue weighted by Gasteiger charge is -2.22. The van der Waals surface area contributed by atoms with Crippen LogP contribution in [-0.2, 0) is 5.60 Å². The van der Waals surface area contributed by atoms with E-state index >= 15 is 0 Å². The van der Waals surface area contributed by atoms with E-state index in [1.807, 2.05) is 54.9 Å². The van der Waals surface area contributed by atoms with Crippen molar-refractivity contribution in [1.29, 1.82) is 0 Å². The molecular weight excluding hydrogens is 380 g/mol. The number of halogens is 1. The monoisotopic (exact) mass is 402 g/mol. The van der Waals surface area contributed by atoms with Crippen molar-refractivity contribution in [1.82, 2.24) is 9.97 Å². The van der Waals surface area contributed by atoms with Crippen molar-refractivity contribution in [2.24, 2.45) is 0 Å². The zero-order valence-corrected chi connectivity index (χ0v) is 17.7. The highest BCUT2D eigenvalue weighted by atomic mass is 35.5. The van der Waals surface area contributed by atoms with Crippen LogP contribution >= 0.6 is 11.6 Å². The Labute approximate surface area is 176 Å². The molecule has 2 aromatic heterocycles. The average molecular weight is 403 g/mol. The van der Waals surface area contributed by atoms with E-state index in [-0.39, 0.29) is 0 Å². The SMILES string of the molecule is Cc1cc2nc(C(C)(C)O)cc(-c3ccccc3Cl)c2c(C)c1-c1ccncc1. The molecule has 2 aromatic carbocycles. The first kappa shape index (κ1) is 19.6. The summed E-state index contributed by atoms with van der Waals surface area (Å²) in [6.45, 7) is 7.72.